The van der Waals surface area contributed by atoms with Gasteiger partial charge >= 0.3 is 5.97 Å². The number of aryl methyl sites for hydroxylation is 1. The van der Waals surface area contributed by atoms with Crippen molar-refractivity contribution in [2.24, 2.45) is 0 Å². The van der Waals surface area contributed by atoms with Crippen LogP contribution in [0.25, 0.3) is 0 Å². The molecule has 0 bridgehead atoms. The number of carbonyl (C=O) groups is 1. The minimum Gasteiger partial charge on any atom is -0.493 e. The molecule has 2 aliphatic heterocycles. The topological polar surface area (TPSA) is 68.2 Å². The van der Waals surface area contributed by atoms with Gasteiger partial charge in [0.15, 0.2) is 17.6 Å². The molecule has 1 aliphatic carbocycles. The number of hydrogen-bond donors (Lipinski definition) is 1. The molecule has 1 spiro atoms. The minimum absolute atomic E-state index is 0.105. The summed E-state index contributed by atoms with van der Waals surface area (Å²) in [6, 6.07) is 3.78. The lowest BCUT2D eigenvalue weighted by molar-refractivity contribution is -0.159. The van der Waals surface area contributed by atoms with E-state index < -0.39 is 23.1 Å². The lowest BCUT2D eigenvalue weighted by Crippen LogP contribution is -2.71. The van der Waals surface area contributed by atoms with Gasteiger partial charge in [-0.25, -0.2) is 4.79 Å². The maximum absolute atomic E-state index is 12.5. The SMILES string of the molecule is C/C=C/C=C/C(=O)OC1=CC[C@@]2(O)[C@@H](C)N(C)CC[C@@]23c2c(C)ccc(OC)c2O[C@@H]13. The molecule has 2 heterocycles. The molecule has 0 radical (unpaired) electrons. The number of piperidine rings is 1. The average Bonchev–Trinajstić information content (AvgIpc) is 3.11. The quantitative estimate of drug-likeness (QED) is 0.453. The average molecular weight is 426 g/mol. The van der Waals surface area contributed by atoms with Crippen molar-refractivity contribution >= 4 is 5.97 Å². The Kier molecular flexibility index (Phi) is 5.48. The van der Waals surface area contributed by atoms with Crippen LogP contribution in [0.2, 0.25) is 0 Å². The van der Waals surface area contributed by atoms with Crippen molar-refractivity contribution in [2.75, 3.05) is 20.7 Å². The third-order valence-electron chi connectivity index (χ3n) is 7.29. The van der Waals surface area contributed by atoms with Gasteiger partial charge in [-0.05, 0) is 58.5 Å². The lowest BCUT2D eigenvalue weighted by atomic mass is 9.54. The molecule has 166 valence electrons. The molecule has 3 aliphatic rings. The maximum Gasteiger partial charge on any atom is 0.335 e. The van der Waals surface area contributed by atoms with Gasteiger partial charge in [0, 0.05) is 24.1 Å². The summed E-state index contributed by atoms with van der Waals surface area (Å²) in [6.07, 6.45) is 8.90. The van der Waals surface area contributed by atoms with Crippen molar-refractivity contribution in [1.82, 2.24) is 4.90 Å². The molecule has 31 heavy (non-hydrogen) atoms. The second kappa shape index (κ2) is 7.84. The molecule has 1 N–H and O–H groups in total. The number of likely N-dealkylation sites (N-methyl/N-ethyl adjacent to an activating group) is 1. The molecule has 1 aromatic rings. The molecular weight excluding hydrogens is 394 g/mol. The van der Waals surface area contributed by atoms with Crippen LogP contribution < -0.4 is 9.47 Å². The molecule has 1 saturated heterocycles. The fourth-order valence-electron chi connectivity index (χ4n) is 5.55. The molecule has 0 amide bonds. The number of hydrogen-bond acceptors (Lipinski definition) is 6. The summed E-state index contributed by atoms with van der Waals surface area (Å²) < 4.78 is 17.8. The fraction of sp³-hybridized carbons (Fsp3) is 0.480. The number of methoxy groups -OCH3 is 1. The second-order valence-corrected chi connectivity index (χ2v) is 8.71. The van der Waals surface area contributed by atoms with E-state index in [2.05, 4.69) is 11.8 Å². The molecule has 6 heteroatoms. The summed E-state index contributed by atoms with van der Waals surface area (Å²) in [5, 5.41) is 12.2. The minimum atomic E-state index is -1.08. The zero-order valence-corrected chi connectivity index (χ0v) is 18.8. The summed E-state index contributed by atoms with van der Waals surface area (Å²) >= 11 is 0. The van der Waals surface area contributed by atoms with E-state index in [-0.39, 0.29) is 6.04 Å². The molecule has 1 fully saturated rings. The van der Waals surface area contributed by atoms with Crippen molar-refractivity contribution in [3.63, 3.8) is 0 Å². The molecule has 1 aromatic carbocycles. The highest BCUT2D eigenvalue weighted by molar-refractivity contribution is 5.83. The normalized spacial score (nSPS) is 32.3. The smallest absolute Gasteiger partial charge is 0.335 e. The van der Waals surface area contributed by atoms with E-state index in [0.29, 0.717) is 30.1 Å². The van der Waals surface area contributed by atoms with Gasteiger partial charge in [-0.2, -0.15) is 0 Å². The maximum atomic E-state index is 12.5. The van der Waals surface area contributed by atoms with Gasteiger partial charge in [-0.3, -0.25) is 0 Å². The van der Waals surface area contributed by atoms with Crippen LogP contribution in [0.5, 0.6) is 11.5 Å². The first-order valence-corrected chi connectivity index (χ1v) is 10.8. The Hall–Kier alpha value is -2.57. The molecule has 4 atom stereocenters. The number of rotatable bonds is 4. The number of likely N-dealkylation sites (tertiary alicyclic amines) is 1. The molecule has 0 saturated carbocycles. The fourth-order valence-corrected chi connectivity index (χ4v) is 5.55. The highest BCUT2D eigenvalue weighted by atomic mass is 16.6. The van der Waals surface area contributed by atoms with Gasteiger partial charge in [0.05, 0.1) is 18.1 Å². The van der Waals surface area contributed by atoms with Gasteiger partial charge in [0.2, 0.25) is 0 Å². The van der Waals surface area contributed by atoms with E-state index in [0.717, 1.165) is 17.7 Å². The zero-order chi connectivity index (χ0) is 22.4. The largest absolute Gasteiger partial charge is 0.493 e. The van der Waals surface area contributed by atoms with Crippen LogP contribution in [0.4, 0.5) is 0 Å². The van der Waals surface area contributed by atoms with E-state index in [9.17, 15) is 9.90 Å². The first-order chi connectivity index (χ1) is 14.8. The lowest BCUT2D eigenvalue weighted by Gasteiger charge is -2.58. The van der Waals surface area contributed by atoms with E-state index >= 15 is 0 Å². The van der Waals surface area contributed by atoms with Crippen LogP contribution in [0.3, 0.4) is 0 Å². The predicted octanol–water partition coefficient (Wildman–Crippen LogP) is 3.42. The Morgan fingerprint density at radius 1 is 1.35 bits per heavy atom. The Bertz CT molecular complexity index is 980. The number of allylic oxidation sites excluding steroid dienone is 3. The Morgan fingerprint density at radius 3 is 2.84 bits per heavy atom. The van der Waals surface area contributed by atoms with Crippen molar-refractivity contribution < 1.29 is 24.1 Å². The number of benzene rings is 1. The Morgan fingerprint density at radius 2 is 2.13 bits per heavy atom. The van der Waals surface area contributed by atoms with Crippen LogP contribution in [0.1, 0.15) is 37.8 Å². The summed E-state index contributed by atoms with van der Waals surface area (Å²) in [6.45, 7) is 6.76. The van der Waals surface area contributed by atoms with Gasteiger partial charge in [-0.15, -0.1) is 0 Å². The first-order valence-electron chi connectivity index (χ1n) is 10.8. The van der Waals surface area contributed by atoms with Crippen LogP contribution in [0, 0.1) is 6.92 Å². The van der Waals surface area contributed by atoms with Crippen molar-refractivity contribution in [2.45, 2.75) is 56.8 Å². The number of aliphatic hydroxyl groups is 1. The van der Waals surface area contributed by atoms with E-state index in [4.69, 9.17) is 14.2 Å². The second-order valence-electron chi connectivity index (χ2n) is 8.71. The monoisotopic (exact) mass is 425 g/mol. The number of carbonyl (C=O) groups excluding carboxylic acids is 1. The number of nitrogens with zero attached hydrogens (tertiary/aromatic N) is 1. The van der Waals surface area contributed by atoms with Gasteiger partial charge in [0.25, 0.3) is 0 Å². The number of ether oxygens (including phenoxy) is 3. The summed E-state index contributed by atoms with van der Waals surface area (Å²) in [4.78, 5) is 14.6. The summed E-state index contributed by atoms with van der Waals surface area (Å²) in [5.74, 6) is 1.25. The predicted molar refractivity (Wildman–Crippen MR) is 118 cm³/mol. The van der Waals surface area contributed by atoms with Crippen LogP contribution >= 0.6 is 0 Å². The zero-order valence-electron chi connectivity index (χ0n) is 18.8. The first kappa shape index (κ1) is 21.7. The highest BCUT2D eigenvalue weighted by Crippen LogP contribution is 2.62. The van der Waals surface area contributed by atoms with E-state index in [1.807, 2.05) is 45.2 Å². The van der Waals surface area contributed by atoms with Crippen molar-refractivity contribution in [1.29, 1.82) is 0 Å². The van der Waals surface area contributed by atoms with E-state index in [1.54, 1.807) is 19.3 Å². The van der Waals surface area contributed by atoms with Crippen LogP contribution in [0.15, 0.2) is 48.3 Å². The molecule has 6 nitrogen and oxygen atoms in total. The summed E-state index contributed by atoms with van der Waals surface area (Å²) in [5.41, 5.74) is 0.188. The summed E-state index contributed by atoms with van der Waals surface area (Å²) in [7, 11) is 3.64. The molecule has 0 aromatic heterocycles. The number of fused-ring (bicyclic) bond motifs is 1. The third-order valence-corrected chi connectivity index (χ3v) is 7.29. The Labute approximate surface area is 183 Å². The molecular formula is C25H31NO5. The van der Waals surface area contributed by atoms with Gasteiger partial charge < -0.3 is 24.2 Å². The van der Waals surface area contributed by atoms with Crippen molar-refractivity contribution in [3.8, 4) is 11.5 Å². The van der Waals surface area contributed by atoms with Crippen LogP contribution in [-0.4, -0.2) is 54.4 Å². The number of esters is 1. The van der Waals surface area contributed by atoms with E-state index in [1.165, 1.54) is 6.08 Å². The highest BCUT2D eigenvalue weighted by Gasteiger charge is 2.69. The van der Waals surface area contributed by atoms with Crippen molar-refractivity contribution in [3.05, 3.63) is 59.4 Å². The van der Waals surface area contributed by atoms with Gasteiger partial charge in [-0.1, -0.05) is 24.3 Å². The molecule has 0 unspecified atom stereocenters. The standard InChI is InChI=1S/C25H31NO5/c1-6-7-8-9-20(27)30-19-12-13-25(28)17(3)26(4)15-14-24(25)21-16(2)10-11-18(29-5)22(21)31-23(19)24/h6-12,17,23,28H,13-15H2,1-5H3/b7-6+,9-8+/t17-,23+,24+,25-/m1/s1. The Balaban J connectivity index is 1.85. The van der Waals surface area contributed by atoms with Gasteiger partial charge in [0.1, 0.15) is 5.76 Å². The third kappa shape index (κ3) is 3.04. The van der Waals surface area contributed by atoms with Crippen LogP contribution in [-0.2, 0) is 14.9 Å². The molecule has 4 rings (SSSR count).